The number of ether oxygens (including phenoxy) is 2. The number of hydrogen-bond donors (Lipinski definition) is 1. The molecule has 1 saturated heterocycles. The van der Waals surface area contributed by atoms with Crippen LogP contribution >= 0.6 is 22.6 Å². The van der Waals surface area contributed by atoms with E-state index >= 15 is 0 Å². The molecule has 0 radical (unpaired) electrons. The lowest BCUT2D eigenvalue weighted by molar-refractivity contribution is -0.146. The molecule has 3 aromatic carbocycles. The average molecular weight is 612 g/mol. The number of nitrogens with zero attached hydrogens (tertiary/aromatic N) is 1. The van der Waals surface area contributed by atoms with Crippen LogP contribution in [0.3, 0.4) is 0 Å². The minimum absolute atomic E-state index is 0.00306. The summed E-state index contributed by atoms with van der Waals surface area (Å²) in [6, 6.07) is 24.5. The molecule has 6 heteroatoms. The maximum atomic E-state index is 14.4. The zero-order valence-electron chi connectivity index (χ0n) is 21.8. The van der Waals surface area contributed by atoms with Gasteiger partial charge in [0, 0.05) is 27.6 Å². The first-order valence-corrected chi connectivity index (χ1v) is 13.9. The van der Waals surface area contributed by atoms with Crippen molar-refractivity contribution >= 4 is 34.2 Å². The number of benzene rings is 3. The molecule has 0 saturated carbocycles. The van der Waals surface area contributed by atoms with E-state index in [-0.39, 0.29) is 35.9 Å². The number of amides is 1. The Hall–Kier alpha value is -2.42. The number of methoxy groups -OCH3 is 1. The fourth-order valence-electron chi connectivity index (χ4n) is 6.59. The van der Waals surface area contributed by atoms with E-state index < -0.39 is 5.60 Å². The summed E-state index contributed by atoms with van der Waals surface area (Å²) in [6.45, 7) is 7.08. The van der Waals surface area contributed by atoms with Gasteiger partial charge in [0.15, 0.2) is 5.60 Å². The molecule has 1 amide bonds. The number of hydrogen-bond acceptors (Lipinski definition) is 4. The van der Waals surface area contributed by atoms with E-state index in [1.807, 2.05) is 41.3 Å². The van der Waals surface area contributed by atoms with E-state index in [9.17, 15) is 9.90 Å². The topological polar surface area (TPSA) is 59.0 Å². The van der Waals surface area contributed by atoms with Crippen molar-refractivity contribution in [1.82, 2.24) is 0 Å². The molecule has 5 nitrogen and oxygen atoms in total. The second-order valence-electron chi connectivity index (χ2n) is 10.7. The highest BCUT2D eigenvalue weighted by Gasteiger charge is 2.65. The van der Waals surface area contributed by atoms with Crippen molar-refractivity contribution in [1.29, 1.82) is 0 Å². The molecule has 0 aliphatic carbocycles. The number of aliphatic hydroxyl groups is 1. The van der Waals surface area contributed by atoms with Gasteiger partial charge >= 0.3 is 0 Å². The van der Waals surface area contributed by atoms with Crippen molar-refractivity contribution in [3.05, 3.63) is 93.1 Å². The molecule has 37 heavy (non-hydrogen) atoms. The van der Waals surface area contributed by atoms with E-state index in [2.05, 4.69) is 79.8 Å². The highest BCUT2D eigenvalue weighted by atomic mass is 127. The van der Waals surface area contributed by atoms with Crippen molar-refractivity contribution in [3.63, 3.8) is 0 Å². The Morgan fingerprint density at radius 2 is 1.73 bits per heavy atom. The molecule has 5 rings (SSSR count). The zero-order valence-corrected chi connectivity index (χ0v) is 23.9. The molecule has 0 bridgehead atoms. The predicted octanol–water partition coefficient (Wildman–Crippen LogP) is 6.05. The Balaban J connectivity index is 1.57. The molecule has 194 valence electrons. The normalized spacial score (nSPS) is 25.1. The van der Waals surface area contributed by atoms with Crippen LogP contribution in [0.15, 0.2) is 72.8 Å². The Labute approximate surface area is 232 Å². The standard InChI is InChI=1S/C31H34INO4/c1-20-28(30(2,3)22-11-15-24(36-4)16-12-22)27(17-18-34)37-31(20)25-7-5-6-8-26(25)33(29(31)35)19-21-9-13-23(32)14-10-21/h5-16,20,27-28,34H,17-19H2,1-4H3/t20-,27+,28-,31+/m1/s1. The van der Waals surface area contributed by atoms with Crippen LogP contribution in [0.4, 0.5) is 5.69 Å². The molecule has 2 aliphatic heterocycles. The lowest BCUT2D eigenvalue weighted by atomic mass is 9.63. The minimum atomic E-state index is -1.09. The van der Waals surface area contributed by atoms with Gasteiger partial charge in [-0.15, -0.1) is 0 Å². The van der Waals surface area contributed by atoms with Gasteiger partial charge in [-0.3, -0.25) is 4.79 Å². The van der Waals surface area contributed by atoms with Crippen LogP contribution in [0.25, 0.3) is 0 Å². The lowest BCUT2D eigenvalue weighted by Crippen LogP contribution is -2.45. The van der Waals surface area contributed by atoms with Crippen molar-refractivity contribution < 1.29 is 19.4 Å². The summed E-state index contributed by atoms with van der Waals surface area (Å²) >= 11 is 2.29. The van der Waals surface area contributed by atoms with Gasteiger partial charge in [-0.05, 0) is 75.9 Å². The molecule has 1 N–H and O–H groups in total. The summed E-state index contributed by atoms with van der Waals surface area (Å²) in [7, 11) is 1.67. The van der Waals surface area contributed by atoms with E-state index in [4.69, 9.17) is 9.47 Å². The highest BCUT2D eigenvalue weighted by Crippen LogP contribution is 2.59. The summed E-state index contributed by atoms with van der Waals surface area (Å²) in [5.74, 6) is 0.681. The molecule has 1 spiro atoms. The van der Waals surface area contributed by atoms with Crippen molar-refractivity contribution in [2.45, 2.75) is 50.9 Å². The first-order valence-electron chi connectivity index (χ1n) is 12.8. The third-order valence-corrected chi connectivity index (χ3v) is 9.13. The van der Waals surface area contributed by atoms with Gasteiger partial charge in [-0.25, -0.2) is 0 Å². The fraction of sp³-hybridized carbons (Fsp3) is 0.387. The second-order valence-corrected chi connectivity index (χ2v) is 11.9. The van der Waals surface area contributed by atoms with Gasteiger partial charge < -0.3 is 19.5 Å². The number of anilines is 1. The van der Waals surface area contributed by atoms with Gasteiger partial charge in [0.1, 0.15) is 5.75 Å². The first-order chi connectivity index (χ1) is 17.7. The lowest BCUT2D eigenvalue weighted by Gasteiger charge is -2.38. The van der Waals surface area contributed by atoms with Gasteiger partial charge in [0.25, 0.3) is 5.91 Å². The highest BCUT2D eigenvalue weighted by molar-refractivity contribution is 14.1. The van der Waals surface area contributed by atoms with Crippen LogP contribution < -0.4 is 9.64 Å². The molecule has 4 atom stereocenters. The maximum absolute atomic E-state index is 14.4. The summed E-state index contributed by atoms with van der Waals surface area (Å²) < 4.78 is 13.4. The molecule has 2 heterocycles. The molecular weight excluding hydrogens is 577 g/mol. The summed E-state index contributed by atoms with van der Waals surface area (Å²) in [5.41, 5.74) is 2.66. The van der Waals surface area contributed by atoms with E-state index in [0.29, 0.717) is 13.0 Å². The van der Waals surface area contributed by atoms with Crippen LogP contribution in [0, 0.1) is 15.4 Å². The third-order valence-electron chi connectivity index (χ3n) is 8.41. The number of aliphatic hydroxyl groups excluding tert-OH is 1. The number of rotatable bonds is 7. The maximum Gasteiger partial charge on any atom is 0.264 e. The zero-order chi connectivity index (χ0) is 26.4. The van der Waals surface area contributed by atoms with Crippen molar-refractivity contribution in [2.24, 2.45) is 11.8 Å². The minimum Gasteiger partial charge on any atom is -0.497 e. The number of carbonyl (C=O) groups excluding carboxylic acids is 1. The largest absolute Gasteiger partial charge is 0.497 e. The van der Waals surface area contributed by atoms with Crippen LogP contribution in [-0.2, 0) is 27.1 Å². The smallest absolute Gasteiger partial charge is 0.264 e. The number of fused-ring (bicyclic) bond motifs is 2. The summed E-state index contributed by atoms with van der Waals surface area (Å²) in [6.07, 6.45) is 0.204. The Kier molecular flexibility index (Phi) is 7.11. The third kappa shape index (κ3) is 4.27. The molecular formula is C31H34INO4. The van der Waals surface area contributed by atoms with Crippen molar-refractivity contribution in [3.8, 4) is 5.75 Å². The molecule has 2 aliphatic rings. The molecule has 3 aromatic rings. The number of para-hydroxylation sites is 1. The quantitative estimate of drug-likeness (QED) is 0.331. The van der Waals surface area contributed by atoms with Crippen LogP contribution in [0.5, 0.6) is 5.75 Å². The Morgan fingerprint density at radius 1 is 1.05 bits per heavy atom. The summed E-state index contributed by atoms with van der Waals surface area (Å²) in [4.78, 5) is 16.3. The van der Waals surface area contributed by atoms with E-state index in [1.54, 1.807) is 7.11 Å². The summed E-state index contributed by atoms with van der Waals surface area (Å²) in [5, 5.41) is 10.0. The van der Waals surface area contributed by atoms with Crippen LogP contribution in [0.1, 0.15) is 43.9 Å². The molecule has 0 unspecified atom stereocenters. The van der Waals surface area contributed by atoms with Crippen LogP contribution in [0.2, 0.25) is 0 Å². The average Bonchev–Trinajstić information content (AvgIpc) is 3.33. The molecule has 1 fully saturated rings. The monoisotopic (exact) mass is 611 g/mol. The molecule has 0 aromatic heterocycles. The van der Waals surface area contributed by atoms with Crippen molar-refractivity contribution in [2.75, 3.05) is 18.6 Å². The SMILES string of the molecule is COc1ccc(C(C)(C)[C@H]2[C@H](CCO)O[C@@]3(C(=O)N(Cc4ccc(I)cc4)c4ccccc43)[C@@H]2C)cc1. The van der Waals surface area contributed by atoms with Gasteiger partial charge in [0.05, 0.1) is 25.4 Å². The Morgan fingerprint density at radius 3 is 2.38 bits per heavy atom. The predicted molar refractivity (Wildman–Crippen MR) is 154 cm³/mol. The first kappa shape index (κ1) is 26.2. The Bertz CT molecular complexity index is 1270. The van der Waals surface area contributed by atoms with E-state index in [0.717, 1.165) is 31.7 Å². The van der Waals surface area contributed by atoms with Gasteiger partial charge in [-0.1, -0.05) is 63.2 Å². The van der Waals surface area contributed by atoms with Crippen LogP contribution in [-0.4, -0.2) is 30.8 Å². The number of carbonyl (C=O) groups is 1. The fourth-order valence-corrected chi connectivity index (χ4v) is 6.95. The number of halogens is 1. The second kappa shape index (κ2) is 10.0. The van der Waals surface area contributed by atoms with Gasteiger partial charge in [-0.2, -0.15) is 0 Å². The van der Waals surface area contributed by atoms with E-state index in [1.165, 1.54) is 0 Å². The van der Waals surface area contributed by atoms with Gasteiger partial charge in [0.2, 0.25) is 0 Å².